The van der Waals surface area contributed by atoms with E-state index in [0.717, 1.165) is 12.8 Å². The van der Waals surface area contributed by atoms with Crippen LogP contribution in [0, 0.1) is 0 Å². The lowest BCUT2D eigenvalue weighted by Gasteiger charge is -2.11. The average molecular weight is 280 g/mol. The molecule has 0 radical (unpaired) electrons. The molecule has 0 aliphatic rings. The third-order valence-corrected chi connectivity index (χ3v) is 2.55. The van der Waals surface area contributed by atoms with Gasteiger partial charge in [-0.05, 0) is 24.6 Å². The maximum absolute atomic E-state index is 11.6. The van der Waals surface area contributed by atoms with Gasteiger partial charge in [-0.2, -0.15) is 0 Å². The molecule has 0 spiro atoms. The number of hydrogen-bond donors (Lipinski definition) is 5. The van der Waals surface area contributed by atoms with Crippen LogP contribution in [0.15, 0.2) is 18.2 Å². The van der Waals surface area contributed by atoms with Crippen LogP contribution in [0.25, 0.3) is 0 Å². The molecular formula is C13H20N4O3. The summed E-state index contributed by atoms with van der Waals surface area (Å²) in [5, 5.41) is 19.8. The van der Waals surface area contributed by atoms with E-state index in [1.807, 2.05) is 6.92 Å². The Hall–Kier alpha value is -2.44. The van der Waals surface area contributed by atoms with Crippen LogP contribution in [-0.2, 0) is 0 Å². The predicted octanol–water partition coefficient (Wildman–Crippen LogP) is 2.07. The van der Waals surface area contributed by atoms with Crippen LogP contribution >= 0.6 is 0 Å². The Morgan fingerprint density at radius 1 is 1.20 bits per heavy atom. The van der Waals surface area contributed by atoms with E-state index in [9.17, 15) is 14.7 Å². The normalized spacial score (nSPS) is 9.70. The Morgan fingerprint density at radius 2 is 1.95 bits per heavy atom. The van der Waals surface area contributed by atoms with Gasteiger partial charge in [0, 0.05) is 19.3 Å². The number of nitrogens with one attached hydrogen (secondary N) is 4. The number of carbonyl (C=O) groups is 2. The van der Waals surface area contributed by atoms with E-state index < -0.39 is 6.03 Å². The summed E-state index contributed by atoms with van der Waals surface area (Å²) in [6, 6.07) is 3.64. The fourth-order valence-corrected chi connectivity index (χ4v) is 1.45. The number of phenolic OH excluding ortho intramolecular Hbond substituents is 1. The molecule has 7 heteroatoms. The highest BCUT2D eigenvalue weighted by Crippen LogP contribution is 2.26. The van der Waals surface area contributed by atoms with Gasteiger partial charge < -0.3 is 26.4 Å². The zero-order chi connectivity index (χ0) is 15.0. The molecule has 1 rings (SSSR count). The van der Waals surface area contributed by atoms with Crippen molar-refractivity contribution in [2.24, 2.45) is 0 Å². The minimum Gasteiger partial charge on any atom is -0.506 e. The van der Waals surface area contributed by atoms with Gasteiger partial charge in [-0.3, -0.25) is 0 Å². The first-order chi connectivity index (χ1) is 9.56. The van der Waals surface area contributed by atoms with E-state index in [2.05, 4.69) is 21.3 Å². The summed E-state index contributed by atoms with van der Waals surface area (Å²) in [4.78, 5) is 22.8. The molecule has 0 aliphatic heterocycles. The van der Waals surface area contributed by atoms with Crippen LogP contribution in [0.5, 0.6) is 5.75 Å². The number of benzene rings is 1. The second kappa shape index (κ2) is 7.88. The molecule has 0 saturated carbocycles. The van der Waals surface area contributed by atoms with Gasteiger partial charge in [0.1, 0.15) is 5.75 Å². The SMILES string of the molecule is CCCCNC(=O)Nc1ccc(O)c(NC(=O)NC)c1. The van der Waals surface area contributed by atoms with Crippen LogP contribution in [0.1, 0.15) is 19.8 Å². The molecule has 4 amide bonds. The topological polar surface area (TPSA) is 102 Å². The zero-order valence-corrected chi connectivity index (χ0v) is 11.6. The zero-order valence-electron chi connectivity index (χ0n) is 11.6. The molecule has 0 atom stereocenters. The highest BCUT2D eigenvalue weighted by molar-refractivity contribution is 5.94. The molecule has 110 valence electrons. The van der Waals surface area contributed by atoms with Crippen molar-refractivity contribution in [3.05, 3.63) is 18.2 Å². The Bertz CT molecular complexity index is 477. The second-order valence-electron chi connectivity index (χ2n) is 4.17. The first kappa shape index (κ1) is 15.6. The van der Waals surface area contributed by atoms with Crippen LogP contribution in [0.2, 0.25) is 0 Å². The molecule has 20 heavy (non-hydrogen) atoms. The molecule has 1 aromatic carbocycles. The Labute approximate surface area is 117 Å². The monoisotopic (exact) mass is 280 g/mol. The Kier molecular flexibility index (Phi) is 6.15. The molecule has 0 saturated heterocycles. The van der Waals surface area contributed by atoms with Crippen molar-refractivity contribution in [1.82, 2.24) is 10.6 Å². The summed E-state index contributed by atoms with van der Waals surface area (Å²) >= 11 is 0. The van der Waals surface area contributed by atoms with Crippen molar-refractivity contribution in [3.63, 3.8) is 0 Å². The summed E-state index contributed by atoms with van der Waals surface area (Å²) in [7, 11) is 1.47. The summed E-state index contributed by atoms with van der Waals surface area (Å²) in [6.45, 7) is 2.64. The average Bonchev–Trinajstić information content (AvgIpc) is 2.42. The lowest BCUT2D eigenvalue weighted by atomic mass is 10.2. The number of rotatable bonds is 5. The first-order valence-corrected chi connectivity index (χ1v) is 6.43. The van der Waals surface area contributed by atoms with Crippen molar-refractivity contribution in [2.75, 3.05) is 24.2 Å². The van der Waals surface area contributed by atoms with Gasteiger partial charge in [0.2, 0.25) is 0 Å². The molecule has 1 aromatic rings. The highest BCUT2D eigenvalue weighted by atomic mass is 16.3. The molecule has 0 unspecified atom stereocenters. The second-order valence-corrected chi connectivity index (χ2v) is 4.17. The summed E-state index contributed by atoms with van der Waals surface area (Å²) in [5.41, 5.74) is 0.693. The number of urea groups is 2. The minimum absolute atomic E-state index is 0.0782. The van der Waals surface area contributed by atoms with E-state index in [1.54, 1.807) is 6.07 Å². The third kappa shape index (κ3) is 5.05. The third-order valence-electron chi connectivity index (χ3n) is 2.55. The van der Waals surface area contributed by atoms with Crippen LogP contribution < -0.4 is 21.3 Å². The molecular weight excluding hydrogens is 260 g/mol. The van der Waals surface area contributed by atoms with Crippen molar-refractivity contribution >= 4 is 23.4 Å². The number of amides is 4. The Morgan fingerprint density at radius 3 is 2.60 bits per heavy atom. The van der Waals surface area contributed by atoms with Crippen LogP contribution in [0.3, 0.4) is 0 Å². The quantitative estimate of drug-likeness (QED) is 0.324. The van der Waals surface area contributed by atoms with Crippen LogP contribution in [-0.4, -0.2) is 30.8 Å². The van der Waals surface area contributed by atoms with Gasteiger partial charge in [0.15, 0.2) is 0 Å². The predicted molar refractivity (Wildman–Crippen MR) is 78.1 cm³/mol. The number of aromatic hydroxyl groups is 1. The summed E-state index contributed by atoms with van der Waals surface area (Å²) < 4.78 is 0. The van der Waals surface area contributed by atoms with Gasteiger partial charge in [0.05, 0.1) is 5.69 Å². The van der Waals surface area contributed by atoms with Gasteiger partial charge in [-0.15, -0.1) is 0 Å². The van der Waals surface area contributed by atoms with E-state index in [4.69, 9.17) is 0 Å². The molecule has 5 N–H and O–H groups in total. The van der Waals surface area contributed by atoms with Crippen LogP contribution in [0.4, 0.5) is 21.0 Å². The van der Waals surface area contributed by atoms with E-state index >= 15 is 0 Å². The maximum Gasteiger partial charge on any atom is 0.319 e. The molecule has 0 aliphatic carbocycles. The smallest absolute Gasteiger partial charge is 0.319 e. The maximum atomic E-state index is 11.6. The fourth-order valence-electron chi connectivity index (χ4n) is 1.45. The van der Waals surface area contributed by atoms with Crippen molar-refractivity contribution in [1.29, 1.82) is 0 Å². The van der Waals surface area contributed by atoms with E-state index in [-0.39, 0.29) is 17.5 Å². The minimum atomic E-state index is -0.454. The lowest BCUT2D eigenvalue weighted by Crippen LogP contribution is -2.29. The van der Waals surface area contributed by atoms with Gasteiger partial charge >= 0.3 is 12.1 Å². The van der Waals surface area contributed by atoms with Gasteiger partial charge in [-0.1, -0.05) is 13.3 Å². The molecule has 7 nitrogen and oxygen atoms in total. The van der Waals surface area contributed by atoms with Crippen molar-refractivity contribution in [2.45, 2.75) is 19.8 Å². The fraction of sp³-hybridized carbons (Fsp3) is 0.385. The molecule has 0 heterocycles. The number of phenols is 1. The lowest BCUT2D eigenvalue weighted by molar-refractivity contribution is 0.251. The van der Waals surface area contributed by atoms with Gasteiger partial charge in [0.25, 0.3) is 0 Å². The molecule has 0 bridgehead atoms. The van der Waals surface area contributed by atoms with E-state index in [1.165, 1.54) is 19.2 Å². The van der Waals surface area contributed by atoms with Crippen molar-refractivity contribution < 1.29 is 14.7 Å². The first-order valence-electron chi connectivity index (χ1n) is 6.43. The number of unbranched alkanes of at least 4 members (excludes halogenated alkanes) is 1. The number of anilines is 2. The van der Waals surface area contributed by atoms with E-state index in [0.29, 0.717) is 12.2 Å². The summed E-state index contributed by atoms with van der Waals surface area (Å²) in [6.07, 6.45) is 1.91. The molecule has 0 aromatic heterocycles. The number of hydrogen-bond acceptors (Lipinski definition) is 3. The Balaban J connectivity index is 2.64. The standard InChI is InChI=1S/C13H20N4O3/c1-3-4-7-15-13(20)16-9-5-6-11(18)10(8-9)17-12(19)14-2/h5-6,8,18H,3-4,7H2,1-2H3,(H2,14,17,19)(H2,15,16,20). The molecule has 0 fully saturated rings. The van der Waals surface area contributed by atoms with Gasteiger partial charge in [-0.25, -0.2) is 9.59 Å². The van der Waals surface area contributed by atoms with Crippen molar-refractivity contribution in [3.8, 4) is 5.75 Å². The largest absolute Gasteiger partial charge is 0.506 e. The summed E-state index contributed by atoms with van der Waals surface area (Å²) in [5.74, 6) is -0.0782. The highest BCUT2D eigenvalue weighted by Gasteiger charge is 2.07. The number of carbonyl (C=O) groups excluding carboxylic acids is 2.